The standard InChI is InChI=1S/C19H18N4OS/c1-12-7-9-25-17(12)19(24)23-16-6-2-5-15-14(16)11-21-18(22-15)13-4-3-8-20-10-13/h3-4,7-11,16H,2,5-6H2,1H3,(H,23,24)/t16-/m1/s1. The number of amides is 1. The van der Waals surface area contributed by atoms with Gasteiger partial charge >= 0.3 is 0 Å². The lowest BCUT2D eigenvalue weighted by Crippen LogP contribution is -2.31. The lowest BCUT2D eigenvalue weighted by molar-refractivity contribution is 0.0936. The Hall–Kier alpha value is -2.60. The molecule has 1 amide bonds. The van der Waals surface area contributed by atoms with Crippen molar-refractivity contribution >= 4 is 17.2 Å². The second kappa shape index (κ2) is 6.72. The predicted molar refractivity (Wildman–Crippen MR) is 97.5 cm³/mol. The molecular formula is C19H18N4OS. The zero-order chi connectivity index (χ0) is 17.2. The summed E-state index contributed by atoms with van der Waals surface area (Å²) in [5.74, 6) is 0.676. The highest BCUT2D eigenvalue weighted by molar-refractivity contribution is 7.12. The Labute approximate surface area is 150 Å². The van der Waals surface area contributed by atoms with E-state index in [2.05, 4.69) is 15.3 Å². The van der Waals surface area contributed by atoms with Crippen molar-refractivity contribution in [2.24, 2.45) is 0 Å². The zero-order valence-corrected chi connectivity index (χ0v) is 14.7. The molecule has 6 heteroatoms. The average Bonchev–Trinajstić information content (AvgIpc) is 3.08. The van der Waals surface area contributed by atoms with Gasteiger partial charge in [0, 0.05) is 35.4 Å². The molecule has 3 aromatic rings. The Bertz CT molecular complexity index is 907. The van der Waals surface area contributed by atoms with Crippen molar-refractivity contribution in [2.45, 2.75) is 32.2 Å². The smallest absolute Gasteiger partial charge is 0.262 e. The molecule has 0 aliphatic heterocycles. The predicted octanol–water partition coefficient (Wildman–Crippen LogP) is 3.72. The number of hydrogen-bond acceptors (Lipinski definition) is 5. The lowest BCUT2D eigenvalue weighted by atomic mass is 9.92. The van der Waals surface area contributed by atoms with Gasteiger partial charge in [0.15, 0.2) is 5.82 Å². The molecule has 0 saturated carbocycles. The number of fused-ring (bicyclic) bond motifs is 1. The zero-order valence-electron chi connectivity index (χ0n) is 13.9. The topological polar surface area (TPSA) is 67.8 Å². The summed E-state index contributed by atoms with van der Waals surface area (Å²) in [6.45, 7) is 1.96. The molecule has 5 nitrogen and oxygen atoms in total. The molecule has 25 heavy (non-hydrogen) atoms. The van der Waals surface area contributed by atoms with Crippen LogP contribution in [-0.2, 0) is 6.42 Å². The van der Waals surface area contributed by atoms with E-state index in [0.29, 0.717) is 5.82 Å². The van der Waals surface area contributed by atoms with Gasteiger partial charge in [-0.2, -0.15) is 0 Å². The number of carbonyl (C=O) groups is 1. The summed E-state index contributed by atoms with van der Waals surface area (Å²) in [6.07, 6.45) is 8.19. The third kappa shape index (κ3) is 3.17. The summed E-state index contributed by atoms with van der Waals surface area (Å²) in [6, 6.07) is 5.78. The van der Waals surface area contributed by atoms with Crippen LogP contribution >= 0.6 is 11.3 Å². The fraction of sp³-hybridized carbons (Fsp3) is 0.263. The SMILES string of the molecule is Cc1ccsc1C(=O)N[C@@H]1CCCc2nc(-c3cccnc3)ncc21. The van der Waals surface area contributed by atoms with Crippen LogP contribution in [0.15, 0.2) is 42.2 Å². The number of aryl methyl sites for hydroxylation is 2. The van der Waals surface area contributed by atoms with Crippen molar-refractivity contribution in [3.8, 4) is 11.4 Å². The fourth-order valence-corrected chi connectivity index (χ4v) is 3.99. The van der Waals surface area contributed by atoms with Crippen molar-refractivity contribution in [3.63, 3.8) is 0 Å². The molecular weight excluding hydrogens is 332 g/mol. The van der Waals surface area contributed by atoms with Crippen LogP contribution in [0.3, 0.4) is 0 Å². The molecule has 1 N–H and O–H groups in total. The minimum Gasteiger partial charge on any atom is -0.344 e. The molecule has 0 unspecified atom stereocenters. The van der Waals surface area contributed by atoms with Gasteiger partial charge in [-0.05, 0) is 55.3 Å². The summed E-state index contributed by atoms with van der Waals surface area (Å²) in [4.78, 5) is 26.7. The molecule has 0 spiro atoms. The number of carbonyl (C=O) groups excluding carboxylic acids is 1. The third-order valence-electron chi connectivity index (χ3n) is 4.48. The summed E-state index contributed by atoms with van der Waals surface area (Å²) in [5.41, 5.74) is 3.97. The lowest BCUT2D eigenvalue weighted by Gasteiger charge is -2.25. The van der Waals surface area contributed by atoms with E-state index in [-0.39, 0.29) is 11.9 Å². The van der Waals surface area contributed by atoms with Gasteiger partial charge in [-0.3, -0.25) is 9.78 Å². The van der Waals surface area contributed by atoms with E-state index in [1.807, 2.05) is 36.7 Å². The largest absolute Gasteiger partial charge is 0.344 e. The van der Waals surface area contributed by atoms with Crippen LogP contribution in [0.4, 0.5) is 0 Å². The molecule has 0 bridgehead atoms. The van der Waals surface area contributed by atoms with E-state index in [1.165, 1.54) is 11.3 Å². The maximum atomic E-state index is 12.5. The summed E-state index contributed by atoms with van der Waals surface area (Å²) >= 11 is 1.48. The molecule has 0 radical (unpaired) electrons. The van der Waals surface area contributed by atoms with Crippen LogP contribution < -0.4 is 5.32 Å². The first-order valence-corrected chi connectivity index (χ1v) is 9.21. The number of pyridine rings is 1. The number of rotatable bonds is 3. The summed E-state index contributed by atoms with van der Waals surface area (Å²) in [7, 11) is 0. The Balaban J connectivity index is 1.60. The van der Waals surface area contributed by atoms with Gasteiger partial charge in [-0.25, -0.2) is 9.97 Å². The minimum atomic E-state index is -0.0271. The van der Waals surface area contributed by atoms with Crippen molar-refractivity contribution in [1.29, 1.82) is 0 Å². The van der Waals surface area contributed by atoms with Gasteiger partial charge in [0.05, 0.1) is 10.9 Å². The molecule has 1 aliphatic carbocycles. The second-order valence-electron chi connectivity index (χ2n) is 6.19. The number of aromatic nitrogens is 3. The summed E-state index contributed by atoms with van der Waals surface area (Å²) in [5, 5.41) is 5.10. The van der Waals surface area contributed by atoms with Crippen LogP contribution in [0.5, 0.6) is 0 Å². The van der Waals surface area contributed by atoms with Crippen LogP contribution in [0, 0.1) is 6.92 Å². The number of nitrogens with one attached hydrogen (secondary N) is 1. The Morgan fingerprint density at radius 3 is 3.00 bits per heavy atom. The van der Waals surface area contributed by atoms with Gasteiger partial charge in [0.2, 0.25) is 0 Å². The van der Waals surface area contributed by atoms with Gasteiger partial charge in [-0.15, -0.1) is 11.3 Å². The third-order valence-corrected chi connectivity index (χ3v) is 5.49. The summed E-state index contributed by atoms with van der Waals surface area (Å²) < 4.78 is 0. The molecule has 3 aromatic heterocycles. The van der Waals surface area contributed by atoms with E-state index in [0.717, 1.165) is 46.5 Å². The van der Waals surface area contributed by atoms with Crippen LogP contribution in [0.1, 0.15) is 45.4 Å². The monoisotopic (exact) mass is 350 g/mol. The molecule has 1 aliphatic rings. The van der Waals surface area contributed by atoms with Gasteiger partial charge in [0.25, 0.3) is 5.91 Å². The minimum absolute atomic E-state index is 0.0123. The molecule has 1 atom stereocenters. The highest BCUT2D eigenvalue weighted by Crippen LogP contribution is 2.30. The Morgan fingerprint density at radius 1 is 1.32 bits per heavy atom. The highest BCUT2D eigenvalue weighted by atomic mass is 32.1. The van der Waals surface area contributed by atoms with Crippen molar-refractivity contribution in [3.05, 3.63) is 63.9 Å². The van der Waals surface area contributed by atoms with E-state index in [4.69, 9.17) is 4.98 Å². The van der Waals surface area contributed by atoms with E-state index in [9.17, 15) is 4.79 Å². The van der Waals surface area contributed by atoms with E-state index >= 15 is 0 Å². The van der Waals surface area contributed by atoms with Crippen LogP contribution in [0.25, 0.3) is 11.4 Å². The molecule has 0 fully saturated rings. The first-order valence-electron chi connectivity index (χ1n) is 8.33. The molecule has 4 rings (SSSR count). The first-order chi connectivity index (χ1) is 12.2. The van der Waals surface area contributed by atoms with E-state index in [1.54, 1.807) is 12.4 Å². The normalized spacial score (nSPS) is 16.3. The van der Waals surface area contributed by atoms with Crippen LogP contribution in [-0.4, -0.2) is 20.9 Å². The van der Waals surface area contributed by atoms with Crippen molar-refractivity contribution < 1.29 is 4.79 Å². The highest BCUT2D eigenvalue weighted by Gasteiger charge is 2.25. The maximum absolute atomic E-state index is 12.5. The number of nitrogens with zero attached hydrogens (tertiary/aromatic N) is 3. The first kappa shape index (κ1) is 15.9. The Morgan fingerprint density at radius 2 is 2.24 bits per heavy atom. The van der Waals surface area contributed by atoms with Gasteiger partial charge in [0.1, 0.15) is 0 Å². The molecule has 0 saturated heterocycles. The maximum Gasteiger partial charge on any atom is 0.262 e. The van der Waals surface area contributed by atoms with Crippen LogP contribution in [0.2, 0.25) is 0 Å². The molecule has 126 valence electrons. The van der Waals surface area contributed by atoms with Crippen molar-refractivity contribution in [1.82, 2.24) is 20.3 Å². The Kier molecular flexibility index (Phi) is 4.28. The number of hydrogen-bond donors (Lipinski definition) is 1. The van der Waals surface area contributed by atoms with Gasteiger partial charge in [-0.1, -0.05) is 0 Å². The van der Waals surface area contributed by atoms with Gasteiger partial charge < -0.3 is 5.32 Å². The second-order valence-corrected chi connectivity index (χ2v) is 7.10. The molecule has 0 aromatic carbocycles. The van der Waals surface area contributed by atoms with Crippen molar-refractivity contribution in [2.75, 3.05) is 0 Å². The average molecular weight is 350 g/mol. The molecule has 3 heterocycles. The quantitative estimate of drug-likeness (QED) is 0.782. The van der Waals surface area contributed by atoms with E-state index < -0.39 is 0 Å². The fourth-order valence-electron chi connectivity index (χ4n) is 3.16. The number of thiophene rings is 1.